The maximum absolute atomic E-state index is 11.6. The van der Waals surface area contributed by atoms with Crippen LogP contribution in [-0.2, 0) is 4.74 Å². The lowest BCUT2D eigenvalue weighted by Crippen LogP contribution is -2.10. The molecule has 5 nitrogen and oxygen atoms in total. The Morgan fingerprint density at radius 1 is 1.45 bits per heavy atom. The van der Waals surface area contributed by atoms with Crippen molar-refractivity contribution < 1.29 is 9.53 Å². The first kappa shape index (κ1) is 14.0. The summed E-state index contributed by atoms with van der Waals surface area (Å²) in [4.78, 5) is 17.7. The second kappa shape index (κ2) is 6.17. The highest BCUT2D eigenvalue weighted by Gasteiger charge is 2.14. The molecule has 0 spiro atoms. The number of nitrogens with zero attached hydrogens (tertiary/aromatic N) is 3. The smallest absolute Gasteiger partial charge is 0.357 e. The molecule has 0 N–H and O–H groups in total. The van der Waals surface area contributed by atoms with Gasteiger partial charge >= 0.3 is 5.97 Å². The standard InChI is InChI=1S/C14H13N3O2S/c1-3-19-13(18)12-9-20-14(16-12)17(2)11-6-4-10(8-15)5-7-11/h4-7,9H,3H2,1-2H3. The number of carbonyl (C=O) groups excluding carboxylic acids is 1. The number of carbonyl (C=O) groups is 1. The van der Waals surface area contributed by atoms with Crippen LogP contribution >= 0.6 is 11.3 Å². The van der Waals surface area contributed by atoms with Crippen LogP contribution in [0.3, 0.4) is 0 Å². The predicted octanol–water partition coefficient (Wildman–Crippen LogP) is 2.96. The van der Waals surface area contributed by atoms with Gasteiger partial charge in [0.1, 0.15) is 0 Å². The largest absolute Gasteiger partial charge is 0.461 e. The Labute approximate surface area is 121 Å². The van der Waals surface area contributed by atoms with E-state index < -0.39 is 5.97 Å². The number of rotatable bonds is 4. The van der Waals surface area contributed by atoms with Gasteiger partial charge in [0, 0.05) is 18.1 Å². The van der Waals surface area contributed by atoms with E-state index in [-0.39, 0.29) is 0 Å². The van der Waals surface area contributed by atoms with E-state index in [2.05, 4.69) is 11.1 Å². The minimum atomic E-state index is -0.414. The lowest BCUT2D eigenvalue weighted by atomic mass is 10.2. The highest BCUT2D eigenvalue weighted by Crippen LogP contribution is 2.27. The van der Waals surface area contributed by atoms with Crippen molar-refractivity contribution in [2.75, 3.05) is 18.6 Å². The molecule has 0 aliphatic heterocycles. The van der Waals surface area contributed by atoms with Crippen molar-refractivity contribution in [2.45, 2.75) is 6.92 Å². The summed E-state index contributed by atoms with van der Waals surface area (Å²) in [6, 6.07) is 9.23. The molecular formula is C14H13N3O2S. The molecule has 0 aliphatic rings. The third kappa shape index (κ3) is 2.95. The summed E-state index contributed by atoms with van der Waals surface area (Å²) >= 11 is 1.37. The zero-order chi connectivity index (χ0) is 14.5. The maximum Gasteiger partial charge on any atom is 0.357 e. The Morgan fingerprint density at radius 3 is 2.75 bits per heavy atom. The van der Waals surface area contributed by atoms with Crippen LogP contribution < -0.4 is 4.90 Å². The highest BCUT2D eigenvalue weighted by atomic mass is 32.1. The van der Waals surface area contributed by atoms with Crippen LogP contribution in [0.15, 0.2) is 29.6 Å². The maximum atomic E-state index is 11.6. The van der Waals surface area contributed by atoms with Crippen molar-refractivity contribution >= 4 is 28.1 Å². The molecule has 0 fully saturated rings. The van der Waals surface area contributed by atoms with Gasteiger partial charge in [-0.1, -0.05) is 0 Å². The van der Waals surface area contributed by atoms with E-state index in [4.69, 9.17) is 10.00 Å². The molecule has 6 heteroatoms. The number of anilines is 2. The molecule has 0 aliphatic carbocycles. The SMILES string of the molecule is CCOC(=O)c1csc(N(C)c2ccc(C#N)cc2)n1. The van der Waals surface area contributed by atoms with Gasteiger partial charge in [-0.15, -0.1) is 11.3 Å². The molecule has 20 heavy (non-hydrogen) atoms. The summed E-state index contributed by atoms with van der Waals surface area (Å²) in [5.74, 6) is -0.414. The van der Waals surface area contributed by atoms with E-state index in [1.165, 1.54) is 11.3 Å². The van der Waals surface area contributed by atoms with E-state index >= 15 is 0 Å². The zero-order valence-electron chi connectivity index (χ0n) is 11.2. The summed E-state index contributed by atoms with van der Waals surface area (Å²) in [6.07, 6.45) is 0. The van der Waals surface area contributed by atoms with Gasteiger partial charge in [0.05, 0.1) is 18.2 Å². The quantitative estimate of drug-likeness (QED) is 0.809. The van der Waals surface area contributed by atoms with Crippen molar-refractivity contribution in [2.24, 2.45) is 0 Å². The summed E-state index contributed by atoms with van der Waals surface area (Å²) in [7, 11) is 1.86. The van der Waals surface area contributed by atoms with Crippen molar-refractivity contribution in [3.63, 3.8) is 0 Å². The van der Waals surface area contributed by atoms with Crippen molar-refractivity contribution in [1.82, 2.24) is 4.98 Å². The van der Waals surface area contributed by atoms with Gasteiger partial charge < -0.3 is 9.64 Å². The second-order valence-corrected chi connectivity index (χ2v) is 4.79. The van der Waals surface area contributed by atoms with E-state index in [9.17, 15) is 4.79 Å². The lowest BCUT2D eigenvalue weighted by Gasteiger charge is -2.15. The second-order valence-electron chi connectivity index (χ2n) is 3.95. The molecule has 0 bridgehead atoms. The van der Waals surface area contributed by atoms with Crippen LogP contribution in [0.2, 0.25) is 0 Å². The van der Waals surface area contributed by atoms with Gasteiger partial charge in [0.25, 0.3) is 0 Å². The number of nitriles is 1. The third-order valence-electron chi connectivity index (χ3n) is 2.65. The minimum Gasteiger partial charge on any atom is -0.461 e. The molecule has 1 heterocycles. The Kier molecular flexibility index (Phi) is 4.33. The van der Waals surface area contributed by atoms with Gasteiger partial charge in [-0.25, -0.2) is 9.78 Å². The van der Waals surface area contributed by atoms with Crippen LogP contribution in [0.25, 0.3) is 0 Å². The van der Waals surface area contributed by atoms with E-state index in [1.54, 1.807) is 24.4 Å². The molecule has 0 amide bonds. The van der Waals surface area contributed by atoms with Gasteiger partial charge in [-0.3, -0.25) is 0 Å². The van der Waals surface area contributed by atoms with Gasteiger partial charge in [0.2, 0.25) is 0 Å². The number of esters is 1. The Bertz CT molecular complexity index is 643. The van der Waals surface area contributed by atoms with Crippen LogP contribution in [-0.4, -0.2) is 24.6 Å². The van der Waals surface area contributed by atoms with Gasteiger partial charge in [-0.2, -0.15) is 5.26 Å². The Balaban J connectivity index is 2.18. The van der Waals surface area contributed by atoms with Crippen LogP contribution in [0.4, 0.5) is 10.8 Å². The average molecular weight is 287 g/mol. The van der Waals surface area contributed by atoms with E-state index in [0.717, 1.165) is 5.69 Å². The first-order valence-electron chi connectivity index (χ1n) is 6.02. The normalized spacial score (nSPS) is 9.85. The fourth-order valence-corrected chi connectivity index (χ4v) is 2.37. The minimum absolute atomic E-state index is 0.312. The highest BCUT2D eigenvalue weighted by molar-refractivity contribution is 7.14. The van der Waals surface area contributed by atoms with Crippen LogP contribution in [0.5, 0.6) is 0 Å². The summed E-state index contributed by atoms with van der Waals surface area (Å²) < 4.78 is 4.91. The number of hydrogen-bond donors (Lipinski definition) is 0. The first-order valence-corrected chi connectivity index (χ1v) is 6.90. The Morgan fingerprint density at radius 2 is 2.15 bits per heavy atom. The first-order chi connectivity index (χ1) is 9.65. The fraction of sp³-hybridized carbons (Fsp3) is 0.214. The van der Waals surface area contributed by atoms with E-state index in [1.807, 2.05) is 24.1 Å². The number of thiazole rings is 1. The summed E-state index contributed by atoms with van der Waals surface area (Å²) in [5.41, 5.74) is 1.81. The van der Waals surface area contributed by atoms with E-state index in [0.29, 0.717) is 23.0 Å². The average Bonchev–Trinajstić information content (AvgIpc) is 2.97. The zero-order valence-corrected chi connectivity index (χ0v) is 12.0. The summed E-state index contributed by atoms with van der Waals surface area (Å²) in [6.45, 7) is 2.09. The van der Waals surface area contributed by atoms with Gasteiger partial charge in [0.15, 0.2) is 10.8 Å². The molecule has 1 aromatic carbocycles. The Hall–Kier alpha value is -2.39. The van der Waals surface area contributed by atoms with Crippen LogP contribution in [0, 0.1) is 11.3 Å². The molecular weight excluding hydrogens is 274 g/mol. The molecule has 2 aromatic rings. The number of benzene rings is 1. The summed E-state index contributed by atoms with van der Waals surface area (Å²) in [5, 5.41) is 11.1. The molecule has 0 atom stereocenters. The lowest BCUT2D eigenvalue weighted by molar-refractivity contribution is 0.0520. The van der Waals surface area contributed by atoms with Crippen molar-refractivity contribution in [3.8, 4) is 6.07 Å². The monoisotopic (exact) mass is 287 g/mol. The topological polar surface area (TPSA) is 66.2 Å². The van der Waals surface area contributed by atoms with Gasteiger partial charge in [-0.05, 0) is 31.2 Å². The molecule has 2 rings (SSSR count). The number of ether oxygens (including phenoxy) is 1. The third-order valence-corrected chi connectivity index (χ3v) is 3.56. The molecule has 0 radical (unpaired) electrons. The molecule has 0 saturated heterocycles. The predicted molar refractivity (Wildman–Crippen MR) is 77.3 cm³/mol. The van der Waals surface area contributed by atoms with Crippen molar-refractivity contribution in [3.05, 3.63) is 40.9 Å². The molecule has 0 saturated carbocycles. The molecule has 102 valence electrons. The molecule has 0 unspecified atom stereocenters. The fourth-order valence-electron chi connectivity index (χ4n) is 1.59. The van der Waals surface area contributed by atoms with Crippen molar-refractivity contribution in [1.29, 1.82) is 5.26 Å². The molecule has 1 aromatic heterocycles. The van der Waals surface area contributed by atoms with Crippen LogP contribution in [0.1, 0.15) is 23.0 Å². The number of hydrogen-bond acceptors (Lipinski definition) is 6. The number of aromatic nitrogens is 1.